The quantitative estimate of drug-likeness (QED) is 0.903. The Morgan fingerprint density at radius 1 is 1.32 bits per heavy atom. The summed E-state index contributed by atoms with van der Waals surface area (Å²) in [5.41, 5.74) is 2.39. The molecule has 1 aromatic heterocycles. The minimum Gasteiger partial charge on any atom is -0.395 e. The summed E-state index contributed by atoms with van der Waals surface area (Å²) in [7, 11) is 0. The maximum Gasteiger partial charge on any atom is 0.0610 e. The number of hydrogen-bond donors (Lipinski definition) is 2. The van der Waals surface area contributed by atoms with Gasteiger partial charge in [-0.15, -0.1) is 0 Å². The van der Waals surface area contributed by atoms with Crippen LogP contribution >= 0.6 is 11.6 Å². The van der Waals surface area contributed by atoms with Crippen LogP contribution in [0, 0.1) is 0 Å². The third kappa shape index (κ3) is 3.50. The molecule has 0 unspecified atom stereocenters. The van der Waals surface area contributed by atoms with Gasteiger partial charge in [-0.2, -0.15) is 0 Å². The SMILES string of the molecule is CC(C)(C)NCc1cn(CCO)c2cc(Cl)ccc12. The largest absolute Gasteiger partial charge is 0.395 e. The van der Waals surface area contributed by atoms with Crippen LogP contribution in [0.1, 0.15) is 26.3 Å². The van der Waals surface area contributed by atoms with Crippen molar-refractivity contribution < 1.29 is 5.11 Å². The molecule has 4 heteroatoms. The average molecular weight is 281 g/mol. The predicted octanol–water partition coefficient (Wildman–Crippen LogP) is 3.18. The van der Waals surface area contributed by atoms with E-state index in [0.717, 1.165) is 17.1 Å². The fourth-order valence-electron chi connectivity index (χ4n) is 2.14. The van der Waals surface area contributed by atoms with Gasteiger partial charge in [0.25, 0.3) is 0 Å². The van der Waals surface area contributed by atoms with Gasteiger partial charge in [0.1, 0.15) is 0 Å². The Morgan fingerprint density at radius 2 is 2.05 bits per heavy atom. The Balaban J connectivity index is 2.38. The molecule has 0 aliphatic heterocycles. The minimum absolute atomic E-state index is 0.0812. The summed E-state index contributed by atoms with van der Waals surface area (Å²) in [6.45, 7) is 7.97. The molecular formula is C15H21ClN2O. The zero-order chi connectivity index (χ0) is 14.0. The summed E-state index contributed by atoms with van der Waals surface area (Å²) in [6.07, 6.45) is 2.09. The van der Waals surface area contributed by atoms with Crippen molar-refractivity contribution in [1.82, 2.24) is 9.88 Å². The van der Waals surface area contributed by atoms with Gasteiger partial charge in [-0.1, -0.05) is 17.7 Å². The molecule has 0 spiro atoms. The molecule has 0 radical (unpaired) electrons. The minimum atomic E-state index is 0.0812. The Morgan fingerprint density at radius 3 is 2.68 bits per heavy atom. The third-order valence-electron chi connectivity index (χ3n) is 3.08. The highest BCUT2D eigenvalue weighted by Crippen LogP contribution is 2.25. The summed E-state index contributed by atoms with van der Waals surface area (Å²) in [5.74, 6) is 0. The van der Waals surface area contributed by atoms with E-state index in [1.807, 2.05) is 18.2 Å². The number of aromatic nitrogens is 1. The highest BCUT2D eigenvalue weighted by atomic mass is 35.5. The molecule has 1 heterocycles. The number of benzene rings is 1. The molecule has 3 nitrogen and oxygen atoms in total. The summed E-state index contributed by atoms with van der Waals surface area (Å²) in [6, 6.07) is 5.91. The lowest BCUT2D eigenvalue weighted by Crippen LogP contribution is -2.34. The van der Waals surface area contributed by atoms with Crippen LogP contribution in [0.15, 0.2) is 24.4 Å². The Kier molecular flexibility index (Phi) is 4.19. The van der Waals surface area contributed by atoms with E-state index in [4.69, 9.17) is 16.7 Å². The highest BCUT2D eigenvalue weighted by molar-refractivity contribution is 6.31. The van der Waals surface area contributed by atoms with Crippen molar-refractivity contribution in [2.45, 2.75) is 39.4 Å². The number of nitrogens with one attached hydrogen (secondary N) is 1. The van der Waals surface area contributed by atoms with Crippen LogP contribution < -0.4 is 5.32 Å². The second-order valence-electron chi connectivity index (χ2n) is 5.84. The summed E-state index contributed by atoms with van der Waals surface area (Å²) >= 11 is 6.06. The van der Waals surface area contributed by atoms with Crippen molar-refractivity contribution in [1.29, 1.82) is 0 Å². The van der Waals surface area contributed by atoms with Crippen molar-refractivity contribution in [2.75, 3.05) is 6.61 Å². The van der Waals surface area contributed by atoms with E-state index >= 15 is 0 Å². The smallest absolute Gasteiger partial charge is 0.0610 e. The number of aliphatic hydroxyl groups excluding tert-OH is 1. The Bertz CT molecular complexity index is 569. The van der Waals surface area contributed by atoms with E-state index in [1.54, 1.807) is 0 Å². The molecule has 104 valence electrons. The molecule has 2 rings (SSSR count). The van der Waals surface area contributed by atoms with Gasteiger partial charge in [0.15, 0.2) is 0 Å². The topological polar surface area (TPSA) is 37.2 Å². The number of halogens is 1. The van der Waals surface area contributed by atoms with Crippen molar-refractivity contribution in [3.8, 4) is 0 Å². The second kappa shape index (κ2) is 5.53. The molecule has 19 heavy (non-hydrogen) atoms. The van der Waals surface area contributed by atoms with Crippen LogP contribution in [0.2, 0.25) is 5.02 Å². The lowest BCUT2D eigenvalue weighted by molar-refractivity contribution is 0.278. The maximum absolute atomic E-state index is 9.15. The average Bonchev–Trinajstić information content (AvgIpc) is 2.64. The Labute approximate surface area is 119 Å². The first-order valence-corrected chi connectivity index (χ1v) is 6.92. The number of fused-ring (bicyclic) bond motifs is 1. The number of hydrogen-bond acceptors (Lipinski definition) is 2. The Hall–Kier alpha value is -1.03. The molecule has 0 bridgehead atoms. The van der Waals surface area contributed by atoms with Gasteiger partial charge >= 0.3 is 0 Å². The molecule has 0 saturated carbocycles. The number of rotatable bonds is 4. The molecule has 0 fully saturated rings. The predicted molar refractivity (Wildman–Crippen MR) is 80.6 cm³/mol. The molecule has 0 aliphatic carbocycles. The van der Waals surface area contributed by atoms with Gasteiger partial charge < -0.3 is 15.0 Å². The first-order chi connectivity index (χ1) is 8.90. The van der Waals surface area contributed by atoms with Crippen LogP contribution in [-0.4, -0.2) is 21.8 Å². The third-order valence-corrected chi connectivity index (χ3v) is 3.31. The molecule has 0 amide bonds. The van der Waals surface area contributed by atoms with E-state index in [-0.39, 0.29) is 12.1 Å². The van der Waals surface area contributed by atoms with E-state index in [0.29, 0.717) is 6.54 Å². The van der Waals surface area contributed by atoms with Gasteiger partial charge in [0, 0.05) is 40.8 Å². The van der Waals surface area contributed by atoms with Crippen LogP contribution in [0.4, 0.5) is 0 Å². The van der Waals surface area contributed by atoms with Crippen LogP contribution in [0.3, 0.4) is 0 Å². The van der Waals surface area contributed by atoms with Crippen LogP contribution in [0.5, 0.6) is 0 Å². The van der Waals surface area contributed by atoms with E-state index < -0.39 is 0 Å². The first-order valence-electron chi connectivity index (χ1n) is 6.54. The second-order valence-corrected chi connectivity index (χ2v) is 6.27. The molecule has 0 aliphatic rings. The lowest BCUT2D eigenvalue weighted by atomic mass is 10.1. The van der Waals surface area contributed by atoms with Crippen molar-refractivity contribution >= 4 is 22.5 Å². The fourth-order valence-corrected chi connectivity index (χ4v) is 2.30. The summed E-state index contributed by atoms with van der Waals surface area (Å²) in [5, 5.41) is 14.6. The molecular weight excluding hydrogens is 260 g/mol. The normalized spacial score (nSPS) is 12.3. The monoisotopic (exact) mass is 280 g/mol. The zero-order valence-corrected chi connectivity index (χ0v) is 12.5. The van der Waals surface area contributed by atoms with Crippen molar-refractivity contribution in [2.24, 2.45) is 0 Å². The summed E-state index contributed by atoms with van der Waals surface area (Å²) < 4.78 is 2.06. The van der Waals surface area contributed by atoms with Crippen molar-refractivity contribution in [3.63, 3.8) is 0 Å². The van der Waals surface area contributed by atoms with Crippen molar-refractivity contribution in [3.05, 3.63) is 35.0 Å². The van der Waals surface area contributed by atoms with E-state index in [1.165, 1.54) is 10.9 Å². The fraction of sp³-hybridized carbons (Fsp3) is 0.467. The van der Waals surface area contributed by atoms with Gasteiger partial charge in [-0.3, -0.25) is 0 Å². The standard InChI is InChI=1S/C15H21ClN2O/c1-15(2,3)17-9-11-10-18(6-7-19)14-8-12(16)4-5-13(11)14/h4-5,8,10,17,19H,6-7,9H2,1-3H3. The summed E-state index contributed by atoms with van der Waals surface area (Å²) in [4.78, 5) is 0. The molecule has 2 N–H and O–H groups in total. The highest BCUT2D eigenvalue weighted by Gasteiger charge is 2.13. The number of aliphatic hydroxyl groups is 1. The van der Waals surface area contributed by atoms with E-state index in [9.17, 15) is 0 Å². The first kappa shape index (κ1) is 14.4. The number of nitrogens with zero attached hydrogens (tertiary/aromatic N) is 1. The maximum atomic E-state index is 9.15. The molecule has 1 aromatic carbocycles. The molecule has 0 saturated heterocycles. The zero-order valence-electron chi connectivity index (χ0n) is 11.7. The van der Waals surface area contributed by atoms with Gasteiger partial charge in [-0.25, -0.2) is 0 Å². The van der Waals surface area contributed by atoms with Gasteiger partial charge in [0.2, 0.25) is 0 Å². The van der Waals surface area contributed by atoms with Crippen LogP contribution in [-0.2, 0) is 13.1 Å². The van der Waals surface area contributed by atoms with Gasteiger partial charge in [-0.05, 0) is 38.5 Å². The van der Waals surface area contributed by atoms with E-state index in [2.05, 4.69) is 36.9 Å². The molecule has 0 atom stereocenters. The van der Waals surface area contributed by atoms with Crippen LogP contribution in [0.25, 0.3) is 10.9 Å². The van der Waals surface area contributed by atoms with Gasteiger partial charge in [0.05, 0.1) is 6.61 Å². The molecule has 2 aromatic rings. The lowest BCUT2D eigenvalue weighted by Gasteiger charge is -2.20.